The Labute approximate surface area is 195 Å². The monoisotopic (exact) mass is 465 g/mol. The molecule has 0 bridgehead atoms. The predicted octanol–water partition coefficient (Wildman–Crippen LogP) is 4.69. The molecule has 33 heavy (non-hydrogen) atoms. The van der Waals surface area contributed by atoms with Gasteiger partial charge in [-0.15, -0.1) is 0 Å². The van der Waals surface area contributed by atoms with Gasteiger partial charge in [-0.2, -0.15) is 0 Å². The summed E-state index contributed by atoms with van der Waals surface area (Å²) in [5, 5.41) is 21.1. The Morgan fingerprint density at radius 2 is 1.52 bits per heavy atom. The van der Waals surface area contributed by atoms with Crippen molar-refractivity contribution >= 4 is 34.7 Å². The molecule has 3 aromatic rings. The van der Waals surface area contributed by atoms with E-state index in [1.807, 2.05) is 0 Å². The first-order valence-electron chi connectivity index (χ1n) is 9.93. The van der Waals surface area contributed by atoms with Crippen LogP contribution in [0.3, 0.4) is 0 Å². The minimum Gasteiger partial charge on any atom is -0.508 e. The molecule has 0 aromatic heterocycles. The van der Waals surface area contributed by atoms with Crippen LogP contribution in [0.2, 0.25) is 5.02 Å². The van der Waals surface area contributed by atoms with Gasteiger partial charge in [-0.25, -0.2) is 0 Å². The number of Topliss-reactive ketones (excluding diaryl/α,β-unsaturated/α-hetero) is 1. The zero-order valence-corrected chi connectivity index (χ0v) is 18.5. The summed E-state index contributed by atoms with van der Waals surface area (Å²) in [5.41, 5.74) is 0.985. The van der Waals surface area contributed by atoms with Crippen molar-refractivity contribution in [2.75, 3.05) is 19.1 Å². The molecule has 1 unspecified atom stereocenters. The van der Waals surface area contributed by atoms with Crippen molar-refractivity contribution in [3.8, 4) is 17.2 Å². The van der Waals surface area contributed by atoms with Crippen LogP contribution in [-0.4, -0.2) is 36.1 Å². The van der Waals surface area contributed by atoms with E-state index in [-0.39, 0.29) is 21.9 Å². The molecule has 1 amide bonds. The van der Waals surface area contributed by atoms with Gasteiger partial charge in [0.15, 0.2) is 0 Å². The molecule has 1 atom stereocenters. The second-order valence-electron chi connectivity index (χ2n) is 7.30. The van der Waals surface area contributed by atoms with Crippen molar-refractivity contribution in [2.45, 2.75) is 6.04 Å². The fourth-order valence-electron chi connectivity index (χ4n) is 3.77. The van der Waals surface area contributed by atoms with Crippen molar-refractivity contribution in [3.63, 3.8) is 0 Å². The Bertz CT molecular complexity index is 1250. The maximum Gasteiger partial charge on any atom is 0.300 e. The third-order valence-electron chi connectivity index (χ3n) is 5.43. The van der Waals surface area contributed by atoms with Crippen LogP contribution in [0.1, 0.15) is 17.2 Å². The van der Waals surface area contributed by atoms with E-state index in [0.717, 1.165) is 0 Å². The molecule has 0 radical (unpaired) electrons. The van der Waals surface area contributed by atoms with Gasteiger partial charge in [0.1, 0.15) is 23.0 Å². The first-order chi connectivity index (χ1) is 15.8. The Balaban J connectivity index is 1.95. The lowest BCUT2D eigenvalue weighted by molar-refractivity contribution is -0.132. The lowest BCUT2D eigenvalue weighted by Crippen LogP contribution is -2.29. The SMILES string of the molecule is COc1ccc(N2C(=O)C(=O)/C(=C(/O)c3cc(OC)ccc3Cl)C2c2ccc(O)cc2)cc1. The first-order valence-corrected chi connectivity index (χ1v) is 10.3. The number of aliphatic hydroxyl groups excluding tert-OH is 1. The number of aromatic hydroxyl groups is 1. The molecule has 1 fully saturated rings. The highest BCUT2D eigenvalue weighted by atomic mass is 35.5. The van der Waals surface area contributed by atoms with E-state index in [9.17, 15) is 19.8 Å². The number of carbonyl (C=O) groups excluding carboxylic acids is 2. The largest absolute Gasteiger partial charge is 0.508 e. The summed E-state index contributed by atoms with van der Waals surface area (Å²) in [6, 6.07) is 16.4. The molecule has 1 aliphatic heterocycles. The van der Waals surface area contributed by atoms with E-state index in [4.69, 9.17) is 21.1 Å². The summed E-state index contributed by atoms with van der Waals surface area (Å²) in [4.78, 5) is 27.6. The summed E-state index contributed by atoms with van der Waals surface area (Å²) in [7, 11) is 2.99. The summed E-state index contributed by atoms with van der Waals surface area (Å²) in [5.74, 6) is -1.06. The fraction of sp³-hybridized carbons (Fsp3) is 0.120. The van der Waals surface area contributed by atoms with E-state index in [1.54, 1.807) is 42.5 Å². The smallest absolute Gasteiger partial charge is 0.300 e. The molecule has 1 heterocycles. The number of anilines is 1. The van der Waals surface area contributed by atoms with Crippen LogP contribution in [-0.2, 0) is 9.59 Å². The topological polar surface area (TPSA) is 96.3 Å². The van der Waals surface area contributed by atoms with Gasteiger partial charge in [-0.3, -0.25) is 14.5 Å². The predicted molar refractivity (Wildman–Crippen MR) is 124 cm³/mol. The number of ether oxygens (including phenoxy) is 2. The molecule has 8 heteroatoms. The molecular formula is C25H20ClNO6. The molecule has 0 spiro atoms. The number of hydrogen-bond acceptors (Lipinski definition) is 6. The third kappa shape index (κ3) is 3.99. The normalized spacial score (nSPS) is 17.3. The third-order valence-corrected chi connectivity index (χ3v) is 5.76. The fourth-order valence-corrected chi connectivity index (χ4v) is 3.98. The number of benzene rings is 3. The van der Waals surface area contributed by atoms with Crippen LogP contribution in [0.15, 0.2) is 72.3 Å². The molecule has 4 rings (SSSR count). The van der Waals surface area contributed by atoms with Gasteiger partial charge in [0, 0.05) is 11.3 Å². The number of ketones is 1. The Hall–Kier alpha value is -3.97. The second-order valence-corrected chi connectivity index (χ2v) is 7.71. The highest BCUT2D eigenvalue weighted by molar-refractivity contribution is 6.52. The van der Waals surface area contributed by atoms with E-state index in [0.29, 0.717) is 22.7 Å². The van der Waals surface area contributed by atoms with Gasteiger partial charge in [-0.05, 0) is 60.2 Å². The number of rotatable bonds is 5. The number of nitrogens with zero attached hydrogens (tertiary/aromatic N) is 1. The summed E-state index contributed by atoms with van der Waals surface area (Å²) < 4.78 is 10.4. The minimum atomic E-state index is -0.957. The number of phenolic OH excluding ortho intramolecular Hbond substituents is 1. The second kappa shape index (κ2) is 8.88. The molecule has 0 aliphatic carbocycles. The average Bonchev–Trinajstić information content (AvgIpc) is 3.10. The Morgan fingerprint density at radius 3 is 2.12 bits per heavy atom. The highest BCUT2D eigenvalue weighted by Gasteiger charge is 2.47. The Morgan fingerprint density at radius 1 is 0.909 bits per heavy atom. The van der Waals surface area contributed by atoms with E-state index < -0.39 is 23.5 Å². The minimum absolute atomic E-state index is 0.0241. The number of halogens is 1. The zero-order valence-electron chi connectivity index (χ0n) is 17.8. The van der Waals surface area contributed by atoms with Gasteiger partial charge in [0.2, 0.25) is 0 Å². The molecule has 2 N–H and O–H groups in total. The van der Waals surface area contributed by atoms with Crippen LogP contribution in [0.25, 0.3) is 5.76 Å². The van der Waals surface area contributed by atoms with E-state index in [1.165, 1.54) is 43.4 Å². The van der Waals surface area contributed by atoms with Crippen molar-refractivity contribution < 1.29 is 29.3 Å². The van der Waals surface area contributed by atoms with Crippen LogP contribution < -0.4 is 14.4 Å². The number of phenols is 1. The number of methoxy groups -OCH3 is 2. The molecular weight excluding hydrogens is 446 g/mol. The molecule has 1 aliphatic rings. The Kier molecular flexibility index (Phi) is 5.98. The summed E-state index contributed by atoms with van der Waals surface area (Å²) >= 11 is 6.31. The maximum atomic E-state index is 13.2. The van der Waals surface area contributed by atoms with Crippen LogP contribution in [0.4, 0.5) is 5.69 Å². The lowest BCUT2D eigenvalue weighted by atomic mass is 9.95. The van der Waals surface area contributed by atoms with Crippen molar-refractivity contribution in [2.24, 2.45) is 0 Å². The van der Waals surface area contributed by atoms with Gasteiger partial charge < -0.3 is 19.7 Å². The van der Waals surface area contributed by atoms with Crippen LogP contribution in [0.5, 0.6) is 17.2 Å². The standard InChI is InChI=1S/C25H20ClNO6/c1-32-17-9-5-15(6-10-17)27-22(14-3-7-16(28)8-4-14)21(24(30)25(27)31)23(29)19-13-18(33-2)11-12-20(19)26/h3-13,22,28-29H,1-2H3/b23-21+. The molecule has 7 nitrogen and oxygen atoms in total. The van der Waals surface area contributed by atoms with E-state index in [2.05, 4.69) is 0 Å². The summed E-state index contributed by atoms with van der Waals surface area (Å²) in [6.07, 6.45) is 0. The van der Waals surface area contributed by atoms with Gasteiger partial charge in [0.05, 0.1) is 30.9 Å². The molecule has 3 aromatic carbocycles. The van der Waals surface area contributed by atoms with Gasteiger partial charge in [-0.1, -0.05) is 23.7 Å². The van der Waals surface area contributed by atoms with E-state index >= 15 is 0 Å². The maximum absolute atomic E-state index is 13.2. The molecule has 1 saturated heterocycles. The van der Waals surface area contributed by atoms with Gasteiger partial charge in [0.25, 0.3) is 11.7 Å². The number of amides is 1. The first kappa shape index (κ1) is 22.2. The average molecular weight is 466 g/mol. The van der Waals surface area contributed by atoms with Gasteiger partial charge >= 0.3 is 0 Å². The van der Waals surface area contributed by atoms with Crippen molar-refractivity contribution in [1.29, 1.82) is 0 Å². The summed E-state index contributed by atoms with van der Waals surface area (Å²) in [6.45, 7) is 0. The number of carbonyl (C=O) groups is 2. The number of hydrogen-bond donors (Lipinski definition) is 2. The molecule has 168 valence electrons. The highest BCUT2D eigenvalue weighted by Crippen LogP contribution is 2.43. The zero-order chi connectivity index (χ0) is 23.7. The molecule has 0 saturated carbocycles. The van der Waals surface area contributed by atoms with Crippen LogP contribution in [0, 0.1) is 0 Å². The van der Waals surface area contributed by atoms with Crippen LogP contribution >= 0.6 is 11.6 Å². The number of aliphatic hydroxyl groups is 1. The lowest BCUT2D eigenvalue weighted by Gasteiger charge is -2.25. The quantitative estimate of drug-likeness (QED) is 0.322. The van der Waals surface area contributed by atoms with Crippen molar-refractivity contribution in [1.82, 2.24) is 0 Å². The van der Waals surface area contributed by atoms with Crippen molar-refractivity contribution in [3.05, 3.63) is 88.5 Å².